The minimum Gasteiger partial charge on any atom is -0.482 e. The first-order valence-corrected chi connectivity index (χ1v) is 9.90. The molecule has 0 aliphatic carbocycles. The lowest BCUT2D eigenvalue weighted by atomic mass is 10.3. The molecule has 0 saturated carbocycles. The number of ether oxygens (including phenoxy) is 2. The standard InChI is InChI=1S/C20H21N5O3S/c1-3-5-6-10-25-19-17(18(21)22-13-23-19)24-20(25)29-15-9-7-8-14(11-15)28-12-16(26)27-4-2/h1,7-9,11,13H,4-6,10,12H2,2H3,(H2,21,22,23). The van der Waals surface area contributed by atoms with Gasteiger partial charge in [-0.15, -0.1) is 12.3 Å². The maximum Gasteiger partial charge on any atom is 0.344 e. The van der Waals surface area contributed by atoms with Gasteiger partial charge in [0, 0.05) is 17.9 Å². The molecular formula is C20H21N5O3S. The Morgan fingerprint density at radius 2 is 2.24 bits per heavy atom. The lowest BCUT2D eigenvalue weighted by Gasteiger charge is -2.09. The van der Waals surface area contributed by atoms with Crippen LogP contribution in [0.1, 0.15) is 19.8 Å². The number of hydrogen-bond donors (Lipinski definition) is 1. The molecule has 3 aromatic rings. The molecule has 150 valence electrons. The molecule has 1 aromatic carbocycles. The minimum atomic E-state index is -0.407. The van der Waals surface area contributed by atoms with Crippen LogP contribution in [0.25, 0.3) is 11.2 Å². The molecule has 0 unspecified atom stereocenters. The molecule has 0 bridgehead atoms. The second kappa shape index (κ2) is 9.80. The number of rotatable bonds is 9. The number of hydrogen-bond acceptors (Lipinski definition) is 8. The van der Waals surface area contributed by atoms with E-state index >= 15 is 0 Å². The first-order chi connectivity index (χ1) is 14.1. The van der Waals surface area contributed by atoms with Crippen LogP contribution >= 0.6 is 11.8 Å². The summed E-state index contributed by atoms with van der Waals surface area (Å²) in [5, 5.41) is 0.728. The van der Waals surface area contributed by atoms with E-state index in [-0.39, 0.29) is 6.61 Å². The molecule has 8 nitrogen and oxygen atoms in total. The fraction of sp³-hybridized carbons (Fsp3) is 0.300. The van der Waals surface area contributed by atoms with Gasteiger partial charge in [-0.2, -0.15) is 0 Å². The normalized spacial score (nSPS) is 10.6. The molecule has 3 rings (SSSR count). The van der Waals surface area contributed by atoms with Gasteiger partial charge in [0.05, 0.1) is 6.61 Å². The Balaban J connectivity index is 1.83. The highest BCUT2D eigenvalue weighted by Crippen LogP contribution is 2.32. The summed E-state index contributed by atoms with van der Waals surface area (Å²) in [6.07, 6.45) is 8.25. The van der Waals surface area contributed by atoms with E-state index in [2.05, 4.69) is 20.9 Å². The Labute approximate surface area is 172 Å². The predicted octanol–water partition coefficient (Wildman–Crippen LogP) is 2.92. The molecule has 0 saturated heterocycles. The molecule has 9 heteroatoms. The fourth-order valence-corrected chi connectivity index (χ4v) is 3.59. The van der Waals surface area contributed by atoms with Crippen molar-refractivity contribution in [3.8, 4) is 18.1 Å². The third kappa shape index (κ3) is 5.18. The van der Waals surface area contributed by atoms with Gasteiger partial charge in [-0.1, -0.05) is 17.8 Å². The number of esters is 1. The van der Waals surface area contributed by atoms with Crippen LogP contribution in [0.3, 0.4) is 0 Å². The maximum absolute atomic E-state index is 11.5. The molecule has 0 aliphatic rings. The number of carbonyl (C=O) groups is 1. The second-order valence-electron chi connectivity index (χ2n) is 5.96. The van der Waals surface area contributed by atoms with Crippen molar-refractivity contribution in [2.75, 3.05) is 18.9 Å². The minimum absolute atomic E-state index is 0.140. The van der Waals surface area contributed by atoms with Gasteiger partial charge >= 0.3 is 5.97 Å². The number of carbonyl (C=O) groups excluding carboxylic acids is 1. The van der Waals surface area contributed by atoms with Crippen LogP contribution in [-0.4, -0.2) is 38.7 Å². The maximum atomic E-state index is 11.5. The largest absolute Gasteiger partial charge is 0.482 e. The summed E-state index contributed by atoms with van der Waals surface area (Å²) in [6, 6.07) is 7.40. The number of nitrogens with two attached hydrogens (primary N) is 1. The molecule has 0 fully saturated rings. The highest BCUT2D eigenvalue weighted by Gasteiger charge is 2.16. The van der Waals surface area contributed by atoms with Crippen molar-refractivity contribution in [3.63, 3.8) is 0 Å². The fourth-order valence-electron chi connectivity index (χ4n) is 2.63. The third-order valence-electron chi connectivity index (χ3n) is 3.90. The van der Waals surface area contributed by atoms with E-state index in [4.69, 9.17) is 21.6 Å². The summed E-state index contributed by atoms with van der Waals surface area (Å²) in [4.78, 5) is 25.4. The van der Waals surface area contributed by atoms with Crippen LogP contribution in [0.5, 0.6) is 5.75 Å². The van der Waals surface area contributed by atoms with Gasteiger partial charge in [0.2, 0.25) is 0 Å². The van der Waals surface area contributed by atoms with E-state index in [0.717, 1.165) is 16.5 Å². The van der Waals surface area contributed by atoms with Crippen LogP contribution < -0.4 is 10.5 Å². The molecule has 0 atom stereocenters. The Bertz CT molecular complexity index is 1040. The van der Waals surface area contributed by atoms with Crippen LogP contribution in [0.2, 0.25) is 0 Å². The molecule has 0 radical (unpaired) electrons. The summed E-state index contributed by atoms with van der Waals surface area (Å²) in [5.41, 5.74) is 7.20. The molecule has 2 aromatic heterocycles. The topological polar surface area (TPSA) is 105 Å². The summed E-state index contributed by atoms with van der Waals surface area (Å²) in [5.74, 6) is 3.14. The second-order valence-corrected chi connectivity index (χ2v) is 7.00. The zero-order valence-corrected chi connectivity index (χ0v) is 16.8. The van der Waals surface area contributed by atoms with Gasteiger partial charge in [-0.25, -0.2) is 19.7 Å². The van der Waals surface area contributed by atoms with Crippen molar-refractivity contribution in [1.29, 1.82) is 0 Å². The Morgan fingerprint density at radius 1 is 1.38 bits per heavy atom. The quantitative estimate of drug-likeness (QED) is 0.325. The number of nitrogens with zero attached hydrogens (tertiary/aromatic N) is 4. The first-order valence-electron chi connectivity index (χ1n) is 9.09. The number of fused-ring (bicyclic) bond motifs is 1. The van der Waals surface area contributed by atoms with Gasteiger partial charge in [0.1, 0.15) is 12.1 Å². The molecule has 0 spiro atoms. The average Bonchev–Trinajstić information content (AvgIpc) is 3.06. The summed E-state index contributed by atoms with van der Waals surface area (Å²) in [6.45, 7) is 2.60. The Morgan fingerprint density at radius 3 is 3.03 bits per heavy atom. The van der Waals surface area contributed by atoms with Crippen LogP contribution in [0.15, 0.2) is 40.6 Å². The Hall–Kier alpha value is -3.25. The average molecular weight is 411 g/mol. The molecule has 29 heavy (non-hydrogen) atoms. The van der Waals surface area contributed by atoms with Gasteiger partial charge in [0.25, 0.3) is 0 Å². The van der Waals surface area contributed by atoms with E-state index in [9.17, 15) is 4.79 Å². The Kier molecular flexibility index (Phi) is 6.92. The van der Waals surface area contributed by atoms with Crippen molar-refractivity contribution in [3.05, 3.63) is 30.6 Å². The number of anilines is 1. The van der Waals surface area contributed by atoms with Gasteiger partial charge in [0.15, 0.2) is 28.7 Å². The smallest absolute Gasteiger partial charge is 0.344 e. The van der Waals surface area contributed by atoms with E-state index < -0.39 is 5.97 Å². The number of benzene rings is 1. The first kappa shape index (κ1) is 20.5. The van der Waals surface area contributed by atoms with Gasteiger partial charge < -0.3 is 19.8 Å². The number of terminal acetylenes is 1. The number of imidazole rings is 1. The third-order valence-corrected chi connectivity index (χ3v) is 4.89. The van der Waals surface area contributed by atoms with Gasteiger partial charge in [-0.3, -0.25) is 0 Å². The van der Waals surface area contributed by atoms with Crippen LogP contribution in [0, 0.1) is 12.3 Å². The van der Waals surface area contributed by atoms with Crippen molar-refractivity contribution >= 4 is 34.7 Å². The zero-order chi connectivity index (χ0) is 20.6. The number of unbranched alkanes of at least 4 members (excludes halogenated alkanes) is 1. The lowest BCUT2D eigenvalue weighted by Crippen LogP contribution is -2.14. The molecular weight excluding hydrogens is 390 g/mol. The van der Waals surface area contributed by atoms with E-state index in [1.54, 1.807) is 13.0 Å². The lowest BCUT2D eigenvalue weighted by molar-refractivity contribution is -0.145. The van der Waals surface area contributed by atoms with Crippen molar-refractivity contribution in [2.24, 2.45) is 0 Å². The predicted molar refractivity (Wildman–Crippen MR) is 110 cm³/mol. The van der Waals surface area contributed by atoms with Crippen LogP contribution in [-0.2, 0) is 16.1 Å². The number of aryl methyl sites for hydroxylation is 1. The summed E-state index contributed by atoms with van der Waals surface area (Å²) in [7, 11) is 0. The van der Waals surface area contributed by atoms with E-state index in [0.29, 0.717) is 42.3 Å². The summed E-state index contributed by atoms with van der Waals surface area (Å²) >= 11 is 1.45. The highest BCUT2D eigenvalue weighted by atomic mass is 32.2. The van der Waals surface area contributed by atoms with Gasteiger partial charge in [-0.05, 0) is 31.5 Å². The van der Waals surface area contributed by atoms with Crippen LogP contribution in [0.4, 0.5) is 5.82 Å². The van der Waals surface area contributed by atoms with Crippen molar-refractivity contribution < 1.29 is 14.3 Å². The molecule has 0 aliphatic heterocycles. The van der Waals surface area contributed by atoms with E-state index in [1.807, 2.05) is 22.8 Å². The molecule has 0 amide bonds. The molecule has 2 heterocycles. The monoisotopic (exact) mass is 411 g/mol. The SMILES string of the molecule is C#CCCCn1c(Sc2cccc(OCC(=O)OCC)c2)nc2c(N)ncnc21. The number of nitrogen functional groups attached to an aromatic ring is 1. The zero-order valence-electron chi connectivity index (χ0n) is 16.0. The van der Waals surface area contributed by atoms with Crippen molar-refractivity contribution in [1.82, 2.24) is 19.5 Å². The van der Waals surface area contributed by atoms with E-state index in [1.165, 1.54) is 18.1 Å². The number of aromatic nitrogens is 4. The van der Waals surface area contributed by atoms with Crippen molar-refractivity contribution in [2.45, 2.75) is 36.4 Å². The summed E-state index contributed by atoms with van der Waals surface area (Å²) < 4.78 is 12.4. The highest BCUT2D eigenvalue weighted by molar-refractivity contribution is 7.99. The molecule has 2 N–H and O–H groups in total.